The zero-order valence-electron chi connectivity index (χ0n) is 12.4. The monoisotopic (exact) mass is 319 g/mol. The van der Waals surface area contributed by atoms with Crippen molar-refractivity contribution < 1.29 is 4.39 Å². The van der Waals surface area contributed by atoms with Crippen LogP contribution in [0.5, 0.6) is 0 Å². The van der Waals surface area contributed by atoms with Crippen LogP contribution in [-0.4, -0.2) is 9.78 Å². The lowest BCUT2D eigenvalue weighted by Gasteiger charge is -2.13. The Morgan fingerprint density at radius 2 is 2.05 bits per heavy atom. The molecule has 0 spiro atoms. The van der Waals surface area contributed by atoms with Crippen LogP contribution < -0.4 is 5.56 Å². The molecule has 2 rings (SSSR count). The van der Waals surface area contributed by atoms with Crippen molar-refractivity contribution in [1.29, 1.82) is 5.26 Å². The molecule has 0 aliphatic carbocycles. The lowest BCUT2D eigenvalue weighted by molar-refractivity contribution is 0.563. The van der Waals surface area contributed by atoms with E-state index in [4.69, 9.17) is 11.6 Å². The fraction of sp³-hybridized carbons (Fsp3) is 0.312. The van der Waals surface area contributed by atoms with Gasteiger partial charge in [-0.15, -0.1) is 0 Å². The van der Waals surface area contributed by atoms with Crippen LogP contribution in [0.4, 0.5) is 4.39 Å². The minimum absolute atomic E-state index is 0.0711. The Hall–Kier alpha value is -2.19. The van der Waals surface area contributed by atoms with Gasteiger partial charge in [0.1, 0.15) is 17.4 Å². The average Bonchev–Trinajstić information content (AvgIpc) is 2.51. The second-order valence-corrected chi connectivity index (χ2v) is 5.19. The molecular formula is C16H15ClFN3O. The van der Waals surface area contributed by atoms with Gasteiger partial charge in [-0.05, 0) is 30.5 Å². The summed E-state index contributed by atoms with van der Waals surface area (Å²) in [7, 11) is 0. The van der Waals surface area contributed by atoms with Crippen LogP contribution in [0.2, 0.25) is 5.02 Å². The van der Waals surface area contributed by atoms with E-state index in [1.807, 2.05) is 19.9 Å². The highest BCUT2D eigenvalue weighted by Gasteiger charge is 2.17. The van der Waals surface area contributed by atoms with E-state index in [-0.39, 0.29) is 22.7 Å². The first-order valence-corrected chi connectivity index (χ1v) is 7.37. The third-order valence-corrected chi connectivity index (χ3v) is 3.86. The number of nitrogens with zero attached hydrogens (tertiary/aromatic N) is 3. The van der Waals surface area contributed by atoms with Crippen molar-refractivity contribution in [2.45, 2.75) is 33.2 Å². The third-order valence-electron chi connectivity index (χ3n) is 3.51. The maximum Gasteiger partial charge on any atom is 0.285 e. The van der Waals surface area contributed by atoms with Gasteiger partial charge in [-0.2, -0.15) is 10.4 Å². The maximum atomic E-state index is 13.9. The van der Waals surface area contributed by atoms with Gasteiger partial charge in [-0.25, -0.2) is 9.07 Å². The van der Waals surface area contributed by atoms with Gasteiger partial charge in [0, 0.05) is 10.6 Å². The van der Waals surface area contributed by atoms with E-state index in [0.29, 0.717) is 24.1 Å². The van der Waals surface area contributed by atoms with E-state index >= 15 is 0 Å². The van der Waals surface area contributed by atoms with Crippen molar-refractivity contribution in [1.82, 2.24) is 9.78 Å². The van der Waals surface area contributed by atoms with E-state index in [1.54, 1.807) is 6.07 Å². The summed E-state index contributed by atoms with van der Waals surface area (Å²) in [5.41, 5.74) is 1.07. The highest BCUT2D eigenvalue weighted by atomic mass is 35.5. The minimum atomic E-state index is -0.518. The van der Waals surface area contributed by atoms with E-state index < -0.39 is 11.4 Å². The van der Waals surface area contributed by atoms with E-state index in [0.717, 1.165) is 4.68 Å². The summed E-state index contributed by atoms with van der Waals surface area (Å²) in [6.45, 7) is 3.66. The van der Waals surface area contributed by atoms with Crippen molar-refractivity contribution in [3.05, 3.63) is 61.8 Å². The van der Waals surface area contributed by atoms with Crippen molar-refractivity contribution in [2.24, 2.45) is 0 Å². The predicted octanol–water partition coefficient (Wildman–Crippen LogP) is 3.08. The Morgan fingerprint density at radius 3 is 2.59 bits per heavy atom. The molecule has 0 saturated heterocycles. The van der Waals surface area contributed by atoms with Gasteiger partial charge >= 0.3 is 0 Å². The zero-order valence-corrected chi connectivity index (χ0v) is 13.1. The summed E-state index contributed by atoms with van der Waals surface area (Å²) in [5.74, 6) is -0.502. The van der Waals surface area contributed by atoms with Gasteiger partial charge in [0.15, 0.2) is 0 Å². The summed E-state index contributed by atoms with van der Waals surface area (Å²) in [6.07, 6.45) is 1.14. The lowest BCUT2D eigenvalue weighted by atomic mass is 10.0. The Labute approximate surface area is 132 Å². The van der Waals surface area contributed by atoms with Gasteiger partial charge in [0.2, 0.25) is 0 Å². The van der Waals surface area contributed by atoms with Crippen LogP contribution in [-0.2, 0) is 19.4 Å². The molecule has 0 saturated carbocycles. The molecule has 0 aliphatic rings. The molecule has 2 aromatic rings. The Bertz CT molecular complexity index is 788. The second kappa shape index (κ2) is 6.71. The van der Waals surface area contributed by atoms with Crippen molar-refractivity contribution in [3.8, 4) is 6.07 Å². The predicted molar refractivity (Wildman–Crippen MR) is 82.5 cm³/mol. The smallest absolute Gasteiger partial charge is 0.266 e. The highest BCUT2D eigenvalue weighted by molar-refractivity contribution is 6.31. The number of halogens is 2. The number of rotatable bonds is 4. The maximum absolute atomic E-state index is 13.9. The van der Waals surface area contributed by atoms with Crippen LogP contribution >= 0.6 is 11.6 Å². The molecule has 0 bridgehead atoms. The largest absolute Gasteiger partial charge is 0.285 e. The normalized spacial score (nSPS) is 10.5. The number of aromatic nitrogens is 2. The molecule has 1 aromatic heterocycles. The van der Waals surface area contributed by atoms with Gasteiger partial charge in [-0.3, -0.25) is 4.79 Å². The molecule has 1 heterocycles. The minimum Gasteiger partial charge on any atom is -0.266 e. The first-order chi connectivity index (χ1) is 10.5. The molecule has 0 radical (unpaired) electrons. The number of benzene rings is 1. The third kappa shape index (κ3) is 2.88. The summed E-state index contributed by atoms with van der Waals surface area (Å²) >= 11 is 5.99. The molecule has 0 N–H and O–H groups in total. The number of hydrogen-bond acceptors (Lipinski definition) is 3. The van der Waals surface area contributed by atoms with Crippen molar-refractivity contribution in [2.75, 3.05) is 0 Å². The SMILES string of the molecule is CCc1nn(Cc2c(F)cccc2Cl)c(=O)c(C#N)c1CC. The molecule has 0 atom stereocenters. The molecule has 1 aromatic carbocycles. The lowest BCUT2D eigenvalue weighted by Crippen LogP contribution is -2.29. The highest BCUT2D eigenvalue weighted by Crippen LogP contribution is 2.20. The molecule has 4 nitrogen and oxygen atoms in total. The second-order valence-electron chi connectivity index (χ2n) is 4.78. The van der Waals surface area contributed by atoms with E-state index in [9.17, 15) is 14.4 Å². The molecule has 22 heavy (non-hydrogen) atoms. The number of aryl methyl sites for hydroxylation is 1. The fourth-order valence-corrected chi connectivity index (χ4v) is 2.60. The average molecular weight is 320 g/mol. The summed E-state index contributed by atoms with van der Waals surface area (Å²) < 4.78 is 15.0. The Kier molecular flexibility index (Phi) is 4.94. The van der Waals surface area contributed by atoms with Crippen LogP contribution in [0, 0.1) is 17.1 Å². The van der Waals surface area contributed by atoms with Crippen LogP contribution in [0.3, 0.4) is 0 Å². The topological polar surface area (TPSA) is 58.7 Å². The van der Waals surface area contributed by atoms with Gasteiger partial charge < -0.3 is 0 Å². The Balaban J connectivity index is 2.63. The quantitative estimate of drug-likeness (QED) is 0.870. The first-order valence-electron chi connectivity index (χ1n) is 6.99. The summed E-state index contributed by atoms with van der Waals surface area (Å²) in [5, 5.41) is 13.8. The van der Waals surface area contributed by atoms with Gasteiger partial charge in [0.25, 0.3) is 5.56 Å². The molecule has 0 fully saturated rings. The zero-order chi connectivity index (χ0) is 16.3. The number of hydrogen-bond donors (Lipinski definition) is 0. The molecule has 114 valence electrons. The van der Waals surface area contributed by atoms with Crippen LogP contribution in [0.25, 0.3) is 0 Å². The van der Waals surface area contributed by atoms with E-state index in [2.05, 4.69) is 5.10 Å². The van der Waals surface area contributed by atoms with Crippen LogP contribution in [0.1, 0.15) is 36.2 Å². The molecule has 6 heteroatoms. The van der Waals surface area contributed by atoms with Gasteiger partial charge in [-0.1, -0.05) is 31.5 Å². The molecular weight excluding hydrogens is 305 g/mol. The van der Waals surface area contributed by atoms with Crippen molar-refractivity contribution in [3.63, 3.8) is 0 Å². The van der Waals surface area contributed by atoms with Gasteiger partial charge in [0.05, 0.1) is 12.2 Å². The molecule has 0 unspecified atom stereocenters. The summed E-state index contributed by atoms with van der Waals surface area (Å²) in [6, 6.07) is 6.27. The first kappa shape index (κ1) is 16.2. The molecule has 0 aliphatic heterocycles. The number of nitriles is 1. The fourth-order valence-electron chi connectivity index (χ4n) is 2.37. The van der Waals surface area contributed by atoms with Crippen molar-refractivity contribution >= 4 is 11.6 Å². The van der Waals surface area contributed by atoms with E-state index in [1.165, 1.54) is 12.1 Å². The van der Waals surface area contributed by atoms with Crippen LogP contribution in [0.15, 0.2) is 23.0 Å². The standard InChI is InChI=1S/C16H15ClFN3O/c1-3-10-11(8-19)16(22)21(20-15(10)4-2)9-12-13(17)6-5-7-14(12)18/h5-7H,3-4,9H2,1-2H3. The molecule has 0 amide bonds. The summed E-state index contributed by atoms with van der Waals surface area (Å²) in [4.78, 5) is 12.4. The Morgan fingerprint density at radius 1 is 1.32 bits per heavy atom.